The maximum absolute atomic E-state index is 13.0. The molecule has 0 fully saturated rings. The number of carbonyl (C=O) groups excluding carboxylic acids is 2. The van der Waals surface area contributed by atoms with E-state index in [2.05, 4.69) is 22.4 Å². The Bertz CT molecular complexity index is 1210. The summed E-state index contributed by atoms with van der Waals surface area (Å²) < 4.78 is 9.32. The average Bonchev–Trinajstić information content (AvgIpc) is 3.33. The Kier molecular flexibility index (Phi) is 4.88. The molecule has 2 aliphatic rings. The van der Waals surface area contributed by atoms with Crippen molar-refractivity contribution in [3.05, 3.63) is 83.2 Å². The van der Waals surface area contributed by atoms with Crippen molar-refractivity contribution in [1.82, 2.24) is 15.0 Å². The standard InChI is InChI=1S/C24H21N3O3Se/c1-24(2)19(13-27-12-15(25-26-27)14-31-16-8-4-3-5-9-16)20-22(29)21(28)17-10-6-7-11-18(17)23(20)30-24/h3-12,19H,13-14H2,1-2H3. The van der Waals surface area contributed by atoms with E-state index < -0.39 is 17.2 Å². The van der Waals surface area contributed by atoms with Gasteiger partial charge in [0.05, 0.1) is 0 Å². The van der Waals surface area contributed by atoms with Crippen LogP contribution in [0.3, 0.4) is 0 Å². The molecule has 0 bridgehead atoms. The molecule has 0 saturated carbocycles. The SMILES string of the molecule is CC1(C)OC2=C(C(=O)C(=O)c3ccccc32)C1Cn1cc(C[Se]c2ccccc2)nn1. The predicted octanol–water partition coefficient (Wildman–Crippen LogP) is 2.41. The molecule has 1 aliphatic heterocycles. The maximum atomic E-state index is 13.0. The summed E-state index contributed by atoms with van der Waals surface area (Å²) in [6.07, 6.45) is 1.93. The topological polar surface area (TPSA) is 74.1 Å². The van der Waals surface area contributed by atoms with E-state index in [1.807, 2.05) is 50.4 Å². The van der Waals surface area contributed by atoms with Gasteiger partial charge in [0.2, 0.25) is 0 Å². The zero-order valence-corrected chi connectivity index (χ0v) is 19.0. The van der Waals surface area contributed by atoms with E-state index in [1.165, 1.54) is 4.46 Å². The fourth-order valence-electron chi connectivity index (χ4n) is 4.15. The molecule has 156 valence electrons. The summed E-state index contributed by atoms with van der Waals surface area (Å²) in [5.74, 6) is -0.702. The molecule has 6 nitrogen and oxygen atoms in total. The minimum absolute atomic E-state index is 0.281. The number of hydrogen-bond donors (Lipinski definition) is 0. The van der Waals surface area contributed by atoms with E-state index in [0.29, 0.717) is 29.0 Å². The van der Waals surface area contributed by atoms with Crippen LogP contribution in [0.1, 0.15) is 35.5 Å². The van der Waals surface area contributed by atoms with E-state index in [9.17, 15) is 9.59 Å². The van der Waals surface area contributed by atoms with E-state index in [1.54, 1.807) is 16.8 Å². The number of nitrogens with zero attached hydrogens (tertiary/aromatic N) is 3. The Morgan fingerprint density at radius 2 is 1.71 bits per heavy atom. The first-order valence-electron chi connectivity index (χ1n) is 10.1. The molecule has 1 atom stereocenters. The van der Waals surface area contributed by atoms with Gasteiger partial charge in [-0.25, -0.2) is 0 Å². The number of hydrogen-bond acceptors (Lipinski definition) is 5. The molecular weight excluding hydrogens is 457 g/mol. The number of ether oxygens (including phenoxy) is 1. The quantitative estimate of drug-likeness (QED) is 0.416. The second-order valence-electron chi connectivity index (χ2n) is 8.24. The van der Waals surface area contributed by atoms with Gasteiger partial charge in [-0.1, -0.05) is 0 Å². The van der Waals surface area contributed by atoms with Crippen molar-refractivity contribution in [2.75, 3.05) is 0 Å². The van der Waals surface area contributed by atoms with Gasteiger partial charge in [-0.15, -0.1) is 0 Å². The fourth-order valence-corrected chi connectivity index (χ4v) is 5.82. The van der Waals surface area contributed by atoms with Crippen molar-refractivity contribution < 1.29 is 14.3 Å². The summed E-state index contributed by atoms with van der Waals surface area (Å²) in [6.45, 7) is 4.33. The van der Waals surface area contributed by atoms with Crippen molar-refractivity contribution in [3.8, 4) is 0 Å². The van der Waals surface area contributed by atoms with Crippen LogP contribution in [0.5, 0.6) is 0 Å². The predicted molar refractivity (Wildman–Crippen MR) is 117 cm³/mol. The van der Waals surface area contributed by atoms with Crippen molar-refractivity contribution in [2.24, 2.45) is 5.92 Å². The summed E-state index contributed by atoms with van der Waals surface area (Å²) in [6, 6.07) is 17.5. The Morgan fingerprint density at radius 1 is 1.00 bits per heavy atom. The van der Waals surface area contributed by atoms with Gasteiger partial charge in [0.15, 0.2) is 0 Å². The zero-order chi connectivity index (χ0) is 21.6. The number of carbonyl (C=O) groups is 2. The summed E-state index contributed by atoms with van der Waals surface area (Å²) in [5, 5.41) is 9.45. The summed E-state index contributed by atoms with van der Waals surface area (Å²) >= 11 is 0.281. The van der Waals surface area contributed by atoms with Crippen molar-refractivity contribution in [2.45, 2.75) is 31.3 Å². The molecule has 0 spiro atoms. The summed E-state index contributed by atoms with van der Waals surface area (Å²) in [5.41, 5.74) is 1.85. The molecule has 1 unspecified atom stereocenters. The van der Waals surface area contributed by atoms with Crippen LogP contribution in [0.4, 0.5) is 0 Å². The van der Waals surface area contributed by atoms with Crippen molar-refractivity contribution >= 4 is 36.7 Å². The van der Waals surface area contributed by atoms with Gasteiger partial charge < -0.3 is 0 Å². The number of rotatable bonds is 5. The first-order chi connectivity index (χ1) is 14.9. The molecule has 1 aromatic heterocycles. The Balaban J connectivity index is 1.40. The number of ketones is 2. The monoisotopic (exact) mass is 479 g/mol. The number of benzene rings is 2. The molecule has 0 amide bonds. The van der Waals surface area contributed by atoms with Crippen LogP contribution >= 0.6 is 0 Å². The van der Waals surface area contributed by atoms with Crippen molar-refractivity contribution in [1.29, 1.82) is 0 Å². The molecule has 5 rings (SSSR count). The van der Waals surface area contributed by atoms with Crippen LogP contribution in [-0.4, -0.2) is 47.1 Å². The van der Waals surface area contributed by atoms with Crippen LogP contribution in [0.2, 0.25) is 0 Å². The normalized spacial score (nSPS) is 19.2. The minimum atomic E-state index is -0.641. The third-order valence-electron chi connectivity index (χ3n) is 5.75. The van der Waals surface area contributed by atoms with Crippen LogP contribution in [0, 0.1) is 5.92 Å². The van der Waals surface area contributed by atoms with Gasteiger partial charge in [0, 0.05) is 0 Å². The van der Waals surface area contributed by atoms with Crippen molar-refractivity contribution in [3.63, 3.8) is 0 Å². The summed E-state index contributed by atoms with van der Waals surface area (Å²) in [4.78, 5) is 25.7. The zero-order valence-electron chi connectivity index (χ0n) is 17.2. The van der Waals surface area contributed by atoms with Gasteiger partial charge in [0.1, 0.15) is 0 Å². The fraction of sp³-hybridized carbons (Fsp3) is 0.250. The Morgan fingerprint density at radius 3 is 2.48 bits per heavy atom. The first kappa shape index (κ1) is 19.9. The Hall–Kier alpha value is -3.02. The third kappa shape index (κ3) is 3.54. The van der Waals surface area contributed by atoms with Gasteiger partial charge in [0.25, 0.3) is 0 Å². The molecule has 7 heteroatoms. The van der Waals surface area contributed by atoms with E-state index in [0.717, 1.165) is 11.0 Å². The molecule has 0 saturated heterocycles. The summed E-state index contributed by atoms with van der Waals surface area (Å²) in [7, 11) is 0. The number of aromatic nitrogens is 3. The molecule has 0 N–H and O–H groups in total. The second kappa shape index (κ2) is 7.59. The molecule has 2 heterocycles. The number of fused-ring (bicyclic) bond motifs is 2. The average molecular weight is 478 g/mol. The van der Waals surface area contributed by atoms with Crippen LogP contribution in [-0.2, 0) is 21.4 Å². The van der Waals surface area contributed by atoms with Gasteiger partial charge in [-0.2, -0.15) is 0 Å². The van der Waals surface area contributed by atoms with Crippen LogP contribution in [0.15, 0.2) is 66.4 Å². The first-order valence-corrected chi connectivity index (χ1v) is 12.2. The number of Topliss-reactive ketones (excluding diaryl/α,β-unsaturated/α-hetero) is 2. The molecule has 0 radical (unpaired) electrons. The molecule has 31 heavy (non-hydrogen) atoms. The third-order valence-corrected chi connectivity index (χ3v) is 7.94. The molecule has 2 aromatic carbocycles. The van der Waals surface area contributed by atoms with Crippen LogP contribution < -0.4 is 4.46 Å². The molecule has 3 aromatic rings. The van der Waals surface area contributed by atoms with E-state index in [-0.39, 0.29) is 20.9 Å². The Labute approximate surface area is 186 Å². The van der Waals surface area contributed by atoms with E-state index >= 15 is 0 Å². The van der Waals surface area contributed by atoms with E-state index in [4.69, 9.17) is 4.74 Å². The van der Waals surface area contributed by atoms with Gasteiger partial charge in [-0.05, 0) is 0 Å². The molecule has 1 aliphatic carbocycles. The van der Waals surface area contributed by atoms with Gasteiger partial charge in [-0.3, -0.25) is 0 Å². The van der Waals surface area contributed by atoms with Gasteiger partial charge >= 0.3 is 186 Å². The molecular formula is C24H21N3O3Se. The van der Waals surface area contributed by atoms with Crippen LogP contribution in [0.25, 0.3) is 5.76 Å². The second-order valence-corrected chi connectivity index (χ2v) is 10.4.